The van der Waals surface area contributed by atoms with E-state index in [1.165, 1.54) is 11.1 Å². The van der Waals surface area contributed by atoms with Gasteiger partial charge >= 0.3 is 0 Å². The van der Waals surface area contributed by atoms with Crippen LogP contribution in [0.5, 0.6) is 5.75 Å². The predicted molar refractivity (Wildman–Crippen MR) is 74.8 cm³/mol. The third-order valence-corrected chi connectivity index (χ3v) is 3.79. The largest absolute Gasteiger partial charge is 0.475 e. The number of piperidine rings is 1. The number of likely N-dealkylation sites (tertiary alicyclic amines) is 1. The van der Waals surface area contributed by atoms with Crippen molar-refractivity contribution in [1.82, 2.24) is 4.90 Å². The van der Waals surface area contributed by atoms with E-state index in [2.05, 4.69) is 43.9 Å². The lowest BCUT2D eigenvalue weighted by Crippen LogP contribution is -2.46. The second kappa shape index (κ2) is 5.72. The Balaban J connectivity index is 2.00. The molecule has 3 nitrogen and oxygen atoms in total. The summed E-state index contributed by atoms with van der Waals surface area (Å²) in [7, 11) is 0. The van der Waals surface area contributed by atoms with Gasteiger partial charge in [0.25, 0.3) is 0 Å². The fourth-order valence-corrected chi connectivity index (χ4v) is 2.51. The fourth-order valence-electron chi connectivity index (χ4n) is 2.51. The smallest absolute Gasteiger partial charge is 0.149 e. The van der Waals surface area contributed by atoms with E-state index >= 15 is 0 Å². The van der Waals surface area contributed by atoms with Crippen molar-refractivity contribution in [1.29, 1.82) is 0 Å². The maximum Gasteiger partial charge on any atom is 0.149 e. The topological polar surface area (TPSA) is 38.5 Å². The van der Waals surface area contributed by atoms with Crippen LogP contribution in [0.15, 0.2) is 18.2 Å². The molecule has 18 heavy (non-hydrogen) atoms. The van der Waals surface area contributed by atoms with Gasteiger partial charge in [-0.1, -0.05) is 18.2 Å². The highest BCUT2D eigenvalue weighted by Gasteiger charge is 2.22. The second-order valence-electron chi connectivity index (χ2n) is 5.31. The first-order valence-electron chi connectivity index (χ1n) is 6.80. The summed E-state index contributed by atoms with van der Waals surface area (Å²) in [5, 5.41) is 0. The van der Waals surface area contributed by atoms with Gasteiger partial charge < -0.3 is 10.5 Å². The second-order valence-corrected chi connectivity index (χ2v) is 5.31. The van der Waals surface area contributed by atoms with Crippen LogP contribution >= 0.6 is 0 Å². The summed E-state index contributed by atoms with van der Waals surface area (Å²) < 4.78 is 6.14. The SMILES string of the molecule is Cc1cccc(C)c1OC(C)N1CCC(N)CC1. The zero-order valence-corrected chi connectivity index (χ0v) is 11.6. The Morgan fingerprint density at radius 2 is 1.78 bits per heavy atom. The molecule has 1 atom stereocenters. The summed E-state index contributed by atoms with van der Waals surface area (Å²) in [4.78, 5) is 2.37. The number of aryl methyl sites for hydroxylation is 2. The molecule has 0 aliphatic carbocycles. The summed E-state index contributed by atoms with van der Waals surface area (Å²) in [5.74, 6) is 1.03. The molecule has 3 heteroatoms. The summed E-state index contributed by atoms with van der Waals surface area (Å²) in [6.45, 7) is 8.39. The van der Waals surface area contributed by atoms with Gasteiger partial charge in [-0.05, 0) is 44.7 Å². The van der Waals surface area contributed by atoms with Crippen LogP contribution in [0.4, 0.5) is 0 Å². The van der Waals surface area contributed by atoms with Crippen LogP contribution in [-0.2, 0) is 0 Å². The van der Waals surface area contributed by atoms with E-state index in [1.54, 1.807) is 0 Å². The zero-order valence-electron chi connectivity index (χ0n) is 11.6. The first-order chi connectivity index (χ1) is 8.58. The predicted octanol–water partition coefficient (Wildman–Crippen LogP) is 2.45. The van der Waals surface area contributed by atoms with Crippen molar-refractivity contribution in [3.05, 3.63) is 29.3 Å². The highest BCUT2D eigenvalue weighted by molar-refractivity contribution is 5.39. The third kappa shape index (κ3) is 3.03. The van der Waals surface area contributed by atoms with E-state index in [0.29, 0.717) is 6.04 Å². The average Bonchev–Trinajstić information content (AvgIpc) is 2.34. The van der Waals surface area contributed by atoms with Crippen LogP contribution in [0.3, 0.4) is 0 Å². The number of ether oxygens (including phenoxy) is 1. The highest BCUT2D eigenvalue weighted by atomic mass is 16.5. The molecule has 0 bridgehead atoms. The first-order valence-corrected chi connectivity index (χ1v) is 6.80. The minimum atomic E-state index is 0.122. The molecule has 100 valence electrons. The van der Waals surface area contributed by atoms with Gasteiger partial charge in [-0.25, -0.2) is 0 Å². The monoisotopic (exact) mass is 248 g/mol. The number of benzene rings is 1. The number of nitrogens with two attached hydrogens (primary N) is 1. The summed E-state index contributed by atoms with van der Waals surface area (Å²) in [6, 6.07) is 6.64. The van der Waals surface area contributed by atoms with Gasteiger partial charge in [0, 0.05) is 19.1 Å². The Morgan fingerprint density at radius 1 is 1.22 bits per heavy atom. The van der Waals surface area contributed by atoms with Crippen LogP contribution in [0.2, 0.25) is 0 Å². The molecule has 0 spiro atoms. The van der Waals surface area contributed by atoms with Crippen molar-refractivity contribution in [3.8, 4) is 5.75 Å². The van der Waals surface area contributed by atoms with Gasteiger partial charge in [0.15, 0.2) is 0 Å². The minimum absolute atomic E-state index is 0.122. The lowest BCUT2D eigenvalue weighted by molar-refractivity contribution is 0.0218. The number of rotatable bonds is 3. The molecule has 1 aromatic rings. The van der Waals surface area contributed by atoms with Crippen molar-refractivity contribution >= 4 is 0 Å². The van der Waals surface area contributed by atoms with Gasteiger partial charge in [-0.15, -0.1) is 0 Å². The van der Waals surface area contributed by atoms with Gasteiger partial charge in [0.05, 0.1) is 0 Å². The Hall–Kier alpha value is -1.06. The molecule has 1 heterocycles. The molecule has 2 N–H and O–H groups in total. The fraction of sp³-hybridized carbons (Fsp3) is 0.600. The van der Waals surface area contributed by atoms with E-state index in [-0.39, 0.29) is 6.23 Å². The van der Waals surface area contributed by atoms with Gasteiger partial charge in [-0.3, -0.25) is 4.90 Å². The van der Waals surface area contributed by atoms with Gasteiger partial charge in [-0.2, -0.15) is 0 Å². The average molecular weight is 248 g/mol. The Kier molecular flexibility index (Phi) is 4.25. The Bertz CT molecular complexity index is 377. The van der Waals surface area contributed by atoms with Crippen LogP contribution < -0.4 is 10.5 Å². The number of para-hydroxylation sites is 1. The molecule has 0 amide bonds. The van der Waals surface area contributed by atoms with Crippen LogP contribution in [0.1, 0.15) is 30.9 Å². The number of nitrogens with zero attached hydrogens (tertiary/aromatic N) is 1. The van der Waals surface area contributed by atoms with Crippen molar-refractivity contribution in [2.75, 3.05) is 13.1 Å². The maximum atomic E-state index is 6.14. The maximum absolute atomic E-state index is 6.14. The van der Waals surface area contributed by atoms with Crippen molar-refractivity contribution < 1.29 is 4.74 Å². The molecule has 1 aromatic carbocycles. The van der Waals surface area contributed by atoms with E-state index in [1.807, 2.05) is 0 Å². The van der Waals surface area contributed by atoms with Gasteiger partial charge in [0.1, 0.15) is 12.0 Å². The highest BCUT2D eigenvalue weighted by Crippen LogP contribution is 2.25. The Morgan fingerprint density at radius 3 is 2.33 bits per heavy atom. The summed E-state index contributed by atoms with van der Waals surface area (Å²) >= 11 is 0. The lowest BCUT2D eigenvalue weighted by Gasteiger charge is -2.35. The van der Waals surface area contributed by atoms with Gasteiger partial charge in [0.2, 0.25) is 0 Å². The molecule has 1 aliphatic rings. The van der Waals surface area contributed by atoms with Crippen LogP contribution in [-0.4, -0.2) is 30.3 Å². The van der Waals surface area contributed by atoms with E-state index < -0.39 is 0 Å². The normalized spacial score (nSPS) is 19.8. The lowest BCUT2D eigenvalue weighted by atomic mass is 10.1. The number of hydrogen-bond acceptors (Lipinski definition) is 3. The standard InChI is InChI=1S/C15H24N2O/c1-11-5-4-6-12(2)15(11)18-13(3)17-9-7-14(16)8-10-17/h4-6,13-14H,7-10,16H2,1-3H3. The molecule has 1 fully saturated rings. The molecular weight excluding hydrogens is 224 g/mol. The number of hydrogen-bond donors (Lipinski definition) is 1. The quantitative estimate of drug-likeness (QED) is 0.893. The van der Waals surface area contributed by atoms with E-state index in [0.717, 1.165) is 31.7 Å². The molecule has 2 rings (SSSR count). The Labute approximate surface area is 110 Å². The minimum Gasteiger partial charge on any atom is -0.475 e. The third-order valence-electron chi connectivity index (χ3n) is 3.79. The van der Waals surface area contributed by atoms with E-state index in [4.69, 9.17) is 10.5 Å². The first kappa shape index (κ1) is 13.4. The summed E-state index contributed by atoms with van der Waals surface area (Å²) in [5.41, 5.74) is 8.34. The van der Waals surface area contributed by atoms with Crippen molar-refractivity contribution in [2.45, 2.75) is 45.9 Å². The zero-order chi connectivity index (χ0) is 13.1. The summed E-state index contributed by atoms with van der Waals surface area (Å²) in [6.07, 6.45) is 2.26. The molecule has 0 radical (unpaired) electrons. The van der Waals surface area contributed by atoms with Crippen LogP contribution in [0, 0.1) is 13.8 Å². The van der Waals surface area contributed by atoms with Crippen molar-refractivity contribution in [3.63, 3.8) is 0 Å². The molecule has 0 saturated carbocycles. The molecule has 1 aliphatic heterocycles. The molecule has 1 saturated heterocycles. The molecule has 1 unspecified atom stereocenters. The van der Waals surface area contributed by atoms with Crippen LogP contribution in [0.25, 0.3) is 0 Å². The van der Waals surface area contributed by atoms with E-state index in [9.17, 15) is 0 Å². The molecular formula is C15H24N2O. The molecule has 0 aromatic heterocycles. The van der Waals surface area contributed by atoms with Crippen molar-refractivity contribution in [2.24, 2.45) is 5.73 Å².